The Morgan fingerprint density at radius 2 is 2.05 bits per heavy atom. The Bertz CT molecular complexity index is 558. The van der Waals surface area contributed by atoms with Gasteiger partial charge in [-0.3, -0.25) is 4.79 Å². The molecule has 1 amide bonds. The van der Waals surface area contributed by atoms with Crippen molar-refractivity contribution < 1.29 is 4.79 Å². The molecule has 0 radical (unpaired) electrons. The summed E-state index contributed by atoms with van der Waals surface area (Å²) in [6.07, 6.45) is 3.43. The molecule has 0 saturated heterocycles. The van der Waals surface area contributed by atoms with Crippen molar-refractivity contribution in [1.29, 1.82) is 0 Å². The number of fused-ring (bicyclic) bond motifs is 2. The number of carbonyl (C=O) groups excluding carboxylic acids is 1. The molecule has 2 bridgehead atoms. The lowest BCUT2D eigenvalue weighted by Crippen LogP contribution is -2.42. The Morgan fingerprint density at radius 1 is 1.33 bits per heavy atom. The van der Waals surface area contributed by atoms with E-state index in [-0.39, 0.29) is 17.9 Å². The van der Waals surface area contributed by atoms with Crippen LogP contribution in [0.2, 0.25) is 5.02 Å². The molecule has 0 heterocycles. The van der Waals surface area contributed by atoms with Gasteiger partial charge in [0.2, 0.25) is 5.91 Å². The first kappa shape index (κ1) is 14.7. The van der Waals surface area contributed by atoms with Gasteiger partial charge in [-0.25, -0.2) is 0 Å². The first-order chi connectivity index (χ1) is 9.97. The number of benzene rings is 1. The number of hydrogen-bond acceptors (Lipinski definition) is 3. The van der Waals surface area contributed by atoms with Gasteiger partial charge in [0.05, 0.1) is 16.6 Å². The van der Waals surface area contributed by atoms with Crippen molar-refractivity contribution >= 4 is 28.9 Å². The van der Waals surface area contributed by atoms with E-state index >= 15 is 0 Å². The fourth-order valence-corrected chi connectivity index (χ4v) is 4.25. The molecular weight excluding hydrogens is 286 g/mol. The molecule has 4 atom stereocenters. The van der Waals surface area contributed by atoms with Crippen LogP contribution in [-0.2, 0) is 4.79 Å². The maximum absolute atomic E-state index is 12.5. The van der Waals surface area contributed by atoms with Crippen LogP contribution in [0.5, 0.6) is 0 Å². The van der Waals surface area contributed by atoms with E-state index in [1.807, 2.05) is 31.1 Å². The molecule has 1 aromatic carbocycles. The third kappa shape index (κ3) is 2.62. The van der Waals surface area contributed by atoms with Crippen LogP contribution in [0.1, 0.15) is 19.3 Å². The first-order valence-electron chi connectivity index (χ1n) is 7.50. The van der Waals surface area contributed by atoms with Crippen LogP contribution >= 0.6 is 11.6 Å². The van der Waals surface area contributed by atoms with E-state index in [1.54, 1.807) is 6.07 Å². The summed E-state index contributed by atoms with van der Waals surface area (Å²) in [5.41, 5.74) is 7.90. The minimum Gasteiger partial charge on any atom is -0.376 e. The number of halogens is 1. The van der Waals surface area contributed by atoms with Gasteiger partial charge < -0.3 is 16.0 Å². The molecule has 114 valence electrons. The van der Waals surface area contributed by atoms with Crippen molar-refractivity contribution in [3.05, 3.63) is 23.2 Å². The molecule has 1 aromatic rings. The lowest BCUT2D eigenvalue weighted by molar-refractivity contribution is -0.121. The Hall–Kier alpha value is -1.26. The van der Waals surface area contributed by atoms with Crippen LogP contribution in [0, 0.1) is 17.8 Å². The molecular formula is C16H22ClN3O. The van der Waals surface area contributed by atoms with E-state index in [1.165, 1.54) is 6.42 Å². The highest BCUT2D eigenvalue weighted by molar-refractivity contribution is 6.33. The van der Waals surface area contributed by atoms with Gasteiger partial charge in [-0.1, -0.05) is 11.6 Å². The maximum atomic E-state index is 12.5. The summed E-state index contributed by atoms with van der Waals surface area (Å²) in [6.45, 7) is 0. The van der Waals surface area contributed by atoms with E-state index in [0.717, 1.165) is 24.2 Å². The van der Waals surface area contributed by atoms with Crippen LogP contribution in [0.3, 0.4) is 0 Å². The smallest absolute Gasteiger partial charge is 0.229 e. The zero-order valence-electron chi connectivity index (χ0n) is 12.5. The second kappa shape index (κ2) is 5.50. The molecule has 0 aromatic heterocycles. The molecule has 4 unspecified atom stereocenters. The van der Waals surface area contributed by atoms with Crippen LogP contribution in [0.15, 0.2) is 18.2 Å². The third-order valence-electron chi connectivity index (χ3n) is 4.98. The highest BCUT2D eigenvalue weighted by atomic mass is 35.5. The minimum absolute atomic E-state index is 0.0141. The Balaban J connectivity index is 1.72. The van der Waals surface area contributed by atoms with Crippen LogP contribution < -0.4 is 16.0 Å². The highest BCUT2D eigenvalue weighted by Crippen LogP contribution is 2.48. The monoisotopic (exact) mass is 307 g/mol. The molecule has 2 aliphatic rings. The zero-order chi connectivity index (χ0) is 15.1. The molecule has 0 spiro atoms. The SMILES string of the molecule is CN(C)c1ccc(NC(=O)C2C3CCC(C3)C2N)cc1Cl. The normalized spacial score (nSPS) is 30.5. The average molecular weight is 308 g/mol. The maximum Gasteiger partial charge on any atom is 0.229 e. The molecule has 4 nitrogen and oxygen atoms in total. The van der Waals surface area contributed by atoms with Crippen molar-refractivity contribution in [3.63, 3.8) is 0 Å². The topological polar surface area (TPSA) is 58.4 Å². The Morgan fingerprint density at radius 3 is 2.62 bits per heavy atom. The van der Waals surface area contributed by atoms with Gasteiger partial charge in [0, 0.05) is 25.8 Å². The highest BCUT2D eigenvalue weighted by Gasteiger charge is 2.49. The van der Waals surface area contributed by atoms with Gasteiger partial charge in [-0.05, 0) is 49.3 Å². The Kier molecular flexibility index (Phi) is 3.84. The second-order valence-corrected chi connectivity index (χ2v) is 6.89. The predicted octanol–water partition coefficient (Wildman–Crippen LogP) is 2.72. The molecule has 0 aliphatic heterocycles. The average Bonchev–Trinajstić information content (AvgIpc) is 2.98. The standard InChI is InChI=1S/C16H22ClN3O/c1-20(2)13-6-5-11(8-12(13)17)19-16(21)14-9-3-4-10(7-9)15(14)18/h5-6,8-10,14-15H,3-4,7,18H2,1-2H3,(H,19,21). The van der Waals surface area contributed by atoms with Crippen LogP contribution in [-0.4, -0.2) is 26.0 Å². The molecule has 21 heavy (non-hydrogen) atoms. The van der Waals surface area contributed by atoms with Gasteiger partial charge in [0.25, 0.3) is 0 Å². The summed E-state index contributed by atoms with van der Waals surface area (Å²) in [4.78, 5) is 14.4. The number of carbonyl (C=O) groups is 1. The number of hydrogen-bond donors (Lipinski definition) is 2. The third-order valence-corrected chi connectivity index (χ3v) is 5.28. The second-order valence-electron chi connectivity index (χ2n) is 6.49. The summed E-state index contributed by atoms with van der Waals surface area (Å²) in [7, 11) is 3.88. The predicted molar refractivity (Wildman–Crippen MR) is 86.7 cm³/mol. The van der Waals surface area contributed by atoms with Gasteiger partial charge in [0.15, 0.2) is 0 Å². The summed E-state index contributed by atoms with van der Waals surface area (Å²) >= 11 is 6.24. The van der Waals surface area contributed by atoms with E-state index in [9.17, 15) is 4.79 Å². The number of amides is 1. The van der Waals surface area contributed by atoms with Crippen molar-refractivity contribution in [1.82, 2.24) is 0 Å². The molecule has 5 heteroatoms. The largest absolute Gasteiger partial charge is 0.376 e. The van der Waals surface area contributed by atoms with E-state index in [4.69, 9.17) is 17.3 Å². The number of anilines is 2. The summed E-state index contributed by atoms with van der Waals surface area (Å²) in [6, 6.07) is 5.62. The van der Waals surface area contributed by atoms with Crippen LogP contribution in [0.4, 0.5) is 11.4 Å². The fraction of sp³-hybridized carbons (Fsp3) is 0.562. The van der Waals surface area contributed by atoms with E-state index in [2.05, 4.69) is 5.32 Å². The van der Waals surface area contributed by atoms with Crippen molar-refractivity contribution in [2.45, 2.75) is 25.3 Å². The number of nitrogens with one attached hydrogen (secondary N) is 1. The van der Waals surface area contributed by atoms with Gasteiger partial charge in [0.1, 0.15) is 0 Å². The first-order valence-corrected chi connectivity index (χ1v) is 7.88. The zero-order valence-corrected chi connectivity index (χ0v) is 13.2. The van der Waals surface area contributed by atoms with Crippen molar-refractivity contribution in [2.75, 3.05) is 24.3 Å². The molecule has 2 fully saturated rings. The molecule has 3 N–H and O–H groups in total. The minimum atomic E-state index is -0.0453. The van der Waals surface area contributed by atoms with Gasteiger partial charge in [-0.15, -0.1) is 0 Å². The Labute approximate surface area is 130 Å². The van der Waals surface area contributed by atoms with E-state index < -0.39 is 0 Å². The molecule has 2 saturated carbocycles. The number of rotatable bonds is 3. The molecule has 2 aliphatic carbocycles. The van der Waals surface area contributed by atoms with Crippen LogP contribution in [0.25, 0.3) is 0 Å². The number of nitrogens with two attached hydrogens (primary N) is 1. The quantitative estimate of drug-likeness (QED) is 0.902. The molecule has 3 rings (SSSR count). The number of nitrogens with zero attached hydrogens (tertiary/aromatic N) is 1. The van der Waals surface area contributed by atoms with E-state index in [0.29, 0.717) is 16.9 Å². The lowest BCUT2D eigenvalue weighted by atomic mass is 9.84. The summed E-state index contributed by atoms with van der Waals surface area (Å²) in [5.74, 6) is 0.992. The summed E-state index contributed by atoms with van der Waals surface area (Å²) < 4.78 is 0. The van der Waals surface area contributed by atoms with Crippen molar-refractivity contribution in [2.24, 2.45) is 23.5 Å². The van der Waals surface area contributed by atoms with Gasteiger partial charge in [-0.2, -0.15) is 0 Å². The lowest BCUT2D eigenvalue weighted by Gasteiger charge is -2.27. The van der Waals surface area contributed by atoms with Gasteiger partial charge >= 0.3 is 0 Å². The van der Waals surface area contributed by atoms with Crippen molar-refractivity contribution in [3.8, 4) is 0 Å². The summed E-state index contributed by atoms with van der Waals surface area (Å²) in [5, 5.41) is 3.62. The fourth-order valence-electron chi connectivity index (χ4n) is 3.90.